The molecule has 21 heavy (non-hydrogen) atoms. The SMILES string of the molecule is [Br-].[Br-].[Hf+2][CH]1c2ccccc2-c2cccc(C3=CC=CC3)c21. The number of hydrogen-bond donors (Lipinski definition) is 0. The van der Waals surface area contributed by atoms with Crippen LogP contribution in [0, 0.1) is 0 Å². The van der Waals surface area contributed by atoms with Crippen molar-refractivity contribution in [1.82, 2.24) is 0 Å². The molecule has 103 valence electrons. The summed E-state index contributed by atoms with van der Waals surface area (Å²) < 4.78 is 0.642. The van der Waals surface area contributed by atoms with Gasteiger partial charge < -0.3 is 34.0 Å². The molecule has 0 saturated heterocycles. The number of allylic oxidation sites excluding steroid dienone is 4. The van der Waals surface area contributed by atoms with Crippen molar-refractivity contribution in [2.24, 2.45) is 0 Å². The zero-order valence-corrected chi connectivity index (χ0v) is 18.1. The maximum absolute atomic E-state index is 2.30. The molecule has 0 nitrogen and oxygen atoms in total. The van der Waals surface area contributed by atoms with Gasteiger partial charge in [0, 0.05) is 0 Å². The molecule has 2 aliphatic rings. The van der Waals surface area contributed by atoms with Crippen molar-refractivity contribution in [3.05, 3.63) is 77.4 Å². The van der Waals surface area contributed by atoms with E-state index >= 15 is 0 Å². The zero-order chi connectivity index (χ0) is 12.8. The zero-order valence-electron chi connectivity index (χ0n) is 11.3. The first-order chi connectivity index (χ1) is 9.36. The molecule has 0 spiro atoms. The minimum absolute atomic E-state index is 0. The normalized spacial score (nSPS) is 17.4. The van der Waals surface area contributed by atoms with Crippen LogP contribution in [0.15, 0.2) is 60.7 Å². The molecule has 1 unspecified atom stereocenters. The molecule has 2 aliphatic carbocycles. The Morgan fingerprint density at radius 3 is 2.33 bits per heavy atom. The Morgan fingerprint density at radius 1 is 0.857 bits per heavy atom. The molecule has 0 aromatic heterocycles. The van der Waals surface area contributed by atoms with Crippen LogP contribution in [-0.2, 0) is 24.4 Å². The van der Waals surface area contributed by atoms with Gasteiger partial charge in [-0.1, -0.05) is 0 Å². The molecule has 2 aromatic rings. The van der Waals surface area contributed by atoms with Crippen molar-refractivity contribution in [3.8, 4) is 11.1 Å². The van der Waals surface area contributed by atoms with Gasteiger partial charge in [0.2, 0.25) is 0 Å². The Bertz CT molecular complexity index is 732. The quantitative estimate of drug-likeness (QED) is 0.375. The third-order valence-electron chi connectivity index (χ3n) is 4.07. The average molecular weight is 568 g/mol. The molecule has 0 fully saturated rings. The second kappa shape index (κ2) is 6.89. The van der Waals surface area contributed by atoms with Crippen LogP contribution in [-0.4, -0.2) is 0 Å². The van der Waals surface area contributed by atoms with Crippen LogP contribution in [0.4, 0.5) is 0 Å². The van der Waals surface area contributed by atoms with Crippen molar-refractivity contribution in [3.63, 3.8) is 0 Å². The summed E-state index contributed by atoms with van der Waals surface area (Å²) in [5, 5.41) is 0. The summed E-state index contributed by atoms with van der Waals surface area (Å²) in [5.74, 6) is 0. The van der Waals surface area contributed by atoms with Gasteiger partial charge in [-0.05, 0) is 0 Å². The predicted octanol–water partition coefficient (Wildman–Crippen LogP) is -1.35. The van der Waals surface area contributed by atoms with E-state index in [-0.39, 0.29) is 34.0 Å². The van der Waals surface area contributed by atoms with Gasteiger partial charge in [0.25, 0.3) is 0 Å². The average Bonchev–Trinajstić information content (AvgIpc) is 3.08. The fourth-order valence-corrected chi connectivity index (χ4v) is 5.21. The molecule has 1 atom stereocenters. The van der Waals surface area contributed by atoms with Crippen LogP contribution < -0.4 is 34.0 Å². The van der Waals surface area contributed by atoms with Crippen LogP contribution in [0.5, 0.6) is 0 Å². The Labute approximate surface area is 161 Å². The molecular formula is C18H13Br2Hf. The summed E-state index contributed by atoms with van der Waals surface area (Å²) in [7, 11) is 0. The Morgan fingerprint density at radius 2 is 1.57 bits per heavy atom. The van der Waals surface area contributed by atoms with Gasteiger partial charge in [0.1, 0.15) is 0 Å². The van der Waals surface area contributed by atoms with Gasteiger partial charge in [-0.2, -0.15) is 0 Å². The number of hydrogen-bond acceptors (Lipinski definition) is 0. The maximum atomic E-state index is 2.30. The van der Waals surface area contributed by atoms with Gasteiger partial charge in [-0.15, -0.1) is 0 Å². The van der Waals surface area contributed by atoms with Crippen molar-refractivity contribution < 1.29 is 58.3 Å². The summed E-state index contributed by atoms with van der Waals surface area (Å²) in [4.78, 5) is 0. The Balaban J connectivity index is 0.000000807. The Kier molecular flexibility index (Phi) is 5.61. The van der Waals surface area contributed by atoms with Crippen molar-refractivity contribution in [2.75, 3.05) is 0 Å². The van der Waals surface area contributed by atoms with Gasteiger partial charge in [0.15, 0.2) is 0 Å². The van der Waals surface area contributed by atoms with Crippen LogP contribution in [0.1, 0.15) is 26.8 Å². The van der Waals surface area contributed by atoms with Crippen LogP contribution in [0.3, 0.4) is 0 Å². The number of halogens is 2. The standard InChI is InChI=1S/C18H13.2BrH.Hf/c1-2-7-13(6-1)15-10-5-11-17-16-9-4-3-8-14(16)12-18(15)17;;;/h1-6,8-12H,7H2;2*1H;/q;;;+2/p-2. The van der Waals surface area contributed by atoms with Crippen molar-refractivity contribution in [1.29, 1.82) is 0 Å². The molecule has 4 rings (SSSR count). The molecule has 0 radical (unpaired) electrons. The molecule has 0 aliphatic heterocycles. The molecule has 0 N–H and O–H groups in total. The fraction of sp³-hybridized carbons (Fsp3) is 0.111. The van der Waals surface area contributed by atoms with Crippen molar-refractivity contribution >= 4 is 5.57 Å². The topological polar surface area (TPSA) is 0 Å². The second-order valence-electron chi connectivity index (χ2n) is 5.11. The summed E-state index contributed by atoms with van der Waals surface area (Å²) in [6.45, 7) is 0. The minimum atomic E-state index is 0. The predicted molar refractivity (Wildman–Crippen MR) is 75.5 cm³/mol. The first kappa shape index (κ1) is 17.1. The van der Waals surface area contributed by atoms with Crippen LogP contribution in [0.25, 0.3) is 16.7 Å². The molecule has 0 saturated carbocycles. The van der Waals surface area contributed by atoms with E-state index in [2.05, 4.69) is 60.7 Å². The Hall–Kier alpha value is -0.250. The van der Waals surface area contributed by atoms with E-state index in [1.54, 1.807) is 5.56 Å². The first-order valence-corrected chi connectivity index (χ1v) is 8.73. The summed E-state index contributed by atoms with van der Waals surface area (Å²) in [5.41, 5.74) is 8.96. The number of benzene rings is 2. The van der Waals surface area contributed by atoms with Crippen LogP contribution in [0.2, 0.25) is 0 Å². The van der Waals surface area contributed by atoms with Gasteiger partial charge >= 0.3 is 129 Å². The van der Waals surface area contributed by atoms with Gasteiger partial charge in [-0.3, -0.25) is 0 Å². The van der Waals surface area contributed by atoms with Crippen LogP contribution >= 0.6 is 0 Å². The molecule has 3 heteroatoms. The number of fused-ring (bicyclic) bond motifs is 3. The van der Waals surface area contributed by atoms with Crippen molar-refractivity contribution in [2.45, 2.75) is 10.1 Å². The van der Waals surface area contributed by atoms with Gasteiger partial charge in [-0.25, -0.2) is 0 Å². The molecule has 0 bridgehead atoms. The van der Waals surface area contributed by atoms with E-state index in [1.165, 1.54) is 52.2 Å². The van der Waals surface area contributed by atoms with E-state index in [4.69, 9.17) is 0 Å². The molecular weight excluding hydrogens is 554 g/mol. The molecule has 0 heterocycles. The summed E-state index contributed by atoms with van der Waals surface area (Å²) in [6, 6.07) is 15.7. The monoisotopic (exact) mass is 567 g/mol. The van der Waals surface area contributed by atoms with E-state index in [0.717, 1.165) is 6.42 Å². The van der Waals surface area contributed by atoms with Gasteiger partial charge in [0.05, 0.1) is 0 Å². The third-order valence-corrected chi connectivity index (χ3v) is 6.23. The van der Waals surface area contributed by atoms with E-state index < -0.39 is 0 Å². The number of rotatable bonds is 1. The van der Waals surface area contributed by atoms with E-state index in [0.29, 0.717) is 3.67 Å². The second-order valence-corrected chi connectivity index (χ2v) is 7.19. The third kappa shape index (κ3) is 2.73. The fourth-order valence-electron chi connectivity index (χ4n) is 3.19. The van der Waals surface area contributed by atoms with E-state index in [9.17, 15) is 0 Å². The molecule has 0 amide bonds. The van der Waals surface area contributed by atoms with E-state index in [1.807, 2.05) is 0 Å². The summed E-state index contributed by atoms with van der Waals surface area (Å²) >= 11 is 1.18. The first-order valence-electron chi connectivity index (χ1n) is 6.65. The molecule has 2 aromatic carbocycles. The summed E-state index contributed by atoms with van der Waals surface area (Å²) in [6.07, 6.45) is 7.78.